The Kier molecular flexibility index (Phi) is 5.18. The second-order valence-corrected chi connectivity index (χ2v) is 4.14. The lowest BCUT2D eigenvalue weighted by Gasteiger charge is -2.22. The summed E-state index contributed by atoms with van der Waals surface area (Å²) in [6.45, 7) is 3.15. The summed E-state index contributed by atoms with van der Waals surface area (Å²) in [7, 11) is 1.63. The van der Waals surface area contributed by atoms with E-state index in [-0.39, 0.29) is 5.91 Å². The van der Waals surface area contributed by atoms with Gasteiger partial charge in [0.25, 0.3) is 0 Å². The molecule has 1 amide bonds. The third-order valence-electron chi connectivity index (χ3n) is 2.05. The van der Waals surface area contributed by atoms with Crippen molar-refractivity contribution >= 4 is 27.7 Å². The van der Waals surface area contributed by atoms with E-state index in [1.807, 2.05) is 4.90 Å². The van der Waals surface area contributed by atoms with Crippen molar-refractivity contribution in [3.63, 3.8) is 0 Å². The minimum Gasteiger partial charge on any atom is -0.358 e. The Balaban J connectivity index is 2.85. The SMILES string of the molecule is CCCN(CC(=O)NC)c1ncncc1Br. The topological polar surface area (TPSA) is 58.1 Å². The van der Waals surface area contributed by atoms with E-state index in [2.05, 4.69) is 38.1 Å². The minimum atomic E-state index is -0.0287. The molecule has 1 N–H and O–H groups in total. The van der Waals surface area contributed by atoms with E-state index in [9.17, 15) is 4.79 Å². The first-order valence-corrected chi connectivity index (χ1v) is 5.89. The van der Waals surface area contributed by atoms with Crippen LogP contribution in [0.25, 0.3) is 0 Å². The molecule has 0 aromatic carbocycles. The van der Waals surface area contributed by atoms with Gasteiger partial charge in [0.15, 0.2) is 0 Å². The van der Waals surface area contributed by atoms with Gasteiger partial charge < -0.3 is 10.2 Å². The molecule has 0 saturated carbocycles. The molecule has 0 spiro atoms. The summed E-state index contributed by atoms with van der Waals surface area (Å²) in [6.07, 6.45) is 4.11. The Hall–Kier alpha value is -1.17. The quantitative estimate of drug-likeness (QED) is 0.884. The molecule has 16 heavy (non-hydrogen) atoms. The highest BCUT2D eigenvalue weighted by molar-refractivity contribution is 9.10. The number of hydrogen-bond acceptors (Lipinski definition) is 4. The number of likely N-dealkylation sites (N-methyl/N-ethyl adjacent to an activating group) is 1. The van der Waals surface area contributed by atoms with Crippen LogP contribution < -0.4 is 10.2 Å². The van der Waals surface area contributed by atoms with Crippen LogP contribution in [-0.4, -0.2) is 36.0 Å². The van der Waals surface area contributed by atoms with Crippen molar-refractivity contribution in [2.75, 3.05) is 25.0 Å². The molecule has 0 aliphatic carbocycles. The first kappa shape index (κ1) is 12.9. The largest absolute Gasteiger partial charge is 0.358 e. The number of carbonyl (C=O) groups excluding carboxylic acids is 1. The summed E-state index contributed by atoms with van der Waals surface area (Å²) in [5, 5.41) is 2.60. The summed E-state index contributed by atoms with van der Waals surface area (Å²) in [6, 6.07) is 0. The van der Waals surface area contributed by atoms with Crippen LogP contribution in [0.5, 0.6) is 0 Å². The molecule has 0 aliphatic heterocycles. The van der Waals surface area contributed by atoms with Gasteiger partial charge in [-0.05, 0) is 22.4 Å². The number of carbonyl (C=O) groups is 1. The van der Waals surface area contributed by atoms with Crippen LogP contribution in [0.3, 0.4) is 0 Å². The van der Waals surface area contributed by atoms with Gasteiger partial charge in [-0.1, -0.05) is 6.92 Å². The Morgan fingerprint density at radius 2 is 2.38 bits per heavy atom. The van der Waals surface area contributed by atoms with E-state index < -0.39 is 0 Å². The fraction of sp³-hybridized carbons (Fsp3) is 0.500. The van der Waals surface area contributed by atoms with Crippen molar-refractivity contribution in [1.82, 2.24) is 15.3 Å². The molecule has 0 fully saturated rings. The van der Waals surface area contributed by atoms with E-state index in [0.717, 1.165) is 23.3 Å². The zero-order valence-electron chi connectivity index (χ0n) is 9.40. The van der Waals surface area contributed by atoms with Gasteiger partial charge in [0.2, 0.25) is 5.91 Å². The van der Waals surface area contributed by atoms with Gasteiger partial charge in [0.05, 0.1) is 11.0 Å². The number of halogens is 1. The smallest absolute Gasteiger partial charge is 0.239 e. The summed E-state index contributed by atoms with van der Waals surface area (Å²) in [5.41, 5.74) is 0. The molecular formula is C10H15BrN4O. The first-order valence-electron chi connectivity index (χ1n) is 5.10. The van der Waals surface area contributed by atoms with Gasteiger partial charge >= 0.3 is 0 Å². The van der Waals surface area contributed by atoms with Gasteiger partial charge in [-0.15, -0.1) is 0 Å². The lowest BCUT2D eigenvalue weighted by molar-refractivity contribution is -0.119. The van der Waals surface area contributed by atoms with E-state index >= 15 is 0 Å². The molecule has 1 aromatic rings. The van der Waals surface area contributed by atoms with Crippen LogP contribution in [0.2, 0.25) is 0 Å². The van der Waals surface area contributed by atoms with Crippen molar-refractivity contribution in [2.24, 2.45) is 0 Å². The standard InChI is InChI=1S/C10H15BrN4O/c1-3-4-15(6-9(16)12-2)10-8(11)5-13-7-14-10/h5,7H,3-4,6H2,1-2H3,(H,12,16). The maximum atomic E-state index is 11.4. The zero-order chi connectivity index (χ0) is 12.0. The molecule has 0 bridgehead atoms. The van der Waals surface area contributed by atoms with Gasteiger partial charge in [-0.2, -0.15) is 0 Å². The average molecular weight is 287 g/mol. The van der Waals surface area contributed by atoms with Crippen LogP contribution in [-0.2, 0) is 4.79 Å². The third-order valence-corrected chi connectivity index (χ3v) is 2.61. The van der Waals surface area contributed by atoms with Gasteiger partial charge in [-0.3, -0.25) is 4.79 Å². The second-order valence-electron chi connectivity index (χ2n) is 3.29. The molecule has 1 rings (SSSR count). The Morgan fingerprint density at radius 1 is 1.62 bits per heavy atom. The summed E-state index contributed by atoms with van der Waals surface area (Å²) in [5.74, 6) is 0.722. The third kappa shape index (κ3) is 3.44. The van der Waals surface area contributed by atoms with Crippen molar-refractivity contribution in [1.29, 1.82) is 0 Å². The second kappa shape index (κ2) is 6.42. The molecule has 6 heteroatoms. The lowest BCUT2D eigenvalue weighted by atomic mass is 10.3. The Bertz CT molecular complexity index is 358. The maximum Gasteiger partial charge on any atom is 0.239 e. The zero-order valence-corrected chi connectivity index (χ0v) is 11.0. The van der Waals surface area contributed by atoms with Crippen LogP contribution in [0.4, 0.5) is 5.82 Å². The molecule has 0 unspecified atom stereocenters. The number of anilines is 1. The Morgan fingerprint density at radius 3 is 2.94 bits per heavy atom. The molecular weight excluding hydrogens is 272 g/mol. The lowest BCUT2D eigenvalue weighted by Crippen LogP contribution is -2.36. The fourth-order valence-electron chi connectivity index (χ4n) is 1.32. The highest BCUT2D eigenvalue weighted by Gasteiger charge is 2.13. The van der Waals surface area contributed by atoms with E-state index in [1.165, 1.54) is 6.33 Å². The molecule has 0 aliphatic rings. The highest BCUT2D eigenvalue weighted by atomic mass is 79.9. The molecule has 5 nitrogen and oxygen atoms in total. The van der Waals surface area contributed by atoms with E-state index in [1.54, 1.807) is 13.2 Å². The van der Waals surface area contributed by atoms with Crippen molar-refractivity contribution in [3.05, 3.63) is 17.0 Å². The minimum absolute atomic E-state index is 0.0287. The van der Waals surface area contributed by atoms with Crippen LogP contribution in [0.15, 0.2) is 17.0 Å². The number of amides is 1. The molecule has 1 aromatic heterocycles. The first-order chi connectivity index (χ1) is 7.69. The number of aromatic nitrogens is 2. The average Bonchev–Trinajstić information content (AvgIpc) is 2.29. The number of nitrogens with one attached hydrogen (secondary N) is 1. The normalized spacial score (nSPS) is 9.94. The monoisotopic (exact) mass is 286 g/mol. The number of hydrogen-bond donors (Lipinski definition) is 1. The van der Waals surface area contributed by atoms with Gasteiger partial charge in [-0.25, -0.2) is 9.97 Å². The van der Waals surface area contributed by atoms with Gasteiger partial charge in [0, 0.05) is 19.8 Å². The molecule has 0 saturated heterocycles. The van der Waals surface area contributed by atoms with Crippen molar-refractivity contribution in [2.45, 2.75) is 13.3 Å². The summed E-state index contributed by atoms with van der Waals surface area (Å²) in [4.78, 5) is 21.4. The summed E-state index contributed by atoms with van der Waals surface area (Å²) >= 11 is 3.38. The number of rotatable bonds is 5. The van der Waals surface area contributed by atoms with Crippen molar-refractivity contribution in [3.8, 4) is 0 Å². The molecule has 88 valence electrons. The highest BCUT2D eigenvalue weighted by Crippen LogP contribution is 2.21. The molecule has 0 atom stereocenters. The Labute approximate surface area is 103 Å². The fourth-order valence-corrected chi connectivity index (χ4v) is 1.79. The van der Waals surface area contributed by atoms with Crippen LogP contribution >= 0.6 is 15.9 Å². The van der Waals surface area contributed by atoms with Crippen molar-refractivity contribution < 1.29 is 4.79 Å². The van der Waals surface area contributed by atoms with E-state index in [4.69, 9.17) is 0 Å². The maximum absolute atomic E-state index is 11.4. The van der Waals surface area contributed by atoms with Crippen LogP contribution in [0.1, 0.15) is 13.3 Å². The van der Waals surface area contributed by atoms with Gasteiger partial charge in [0.1, 0.15) is 12.1 Å². The van der Waals surface area contributed by atoms with Crippen LogP contribution in [0, 0.1) is 0 Å². The van der Waals surface area contributed by atoms with E-state index in [0.29, 0.717) is 6.54 Å². The summed E-state index contributed by atoms with van der Waals surface area (Å²) < 4.78 is 0.798. The molecule has 1 heterocycles. The predicted molar refractivity (Wildman–Crippen MR) is 66.3 cm³/mol. The molecule has 0 radical (unpaired) electrons. The predicted octanol–water partition coefficient (Wildman–Crippen LogP) is 1.20. The number of nitrogens with zero attached hydrogens (tertiary/aromatic N) is 3.